The molecule has 4 aromatic heterocycles. The molecule has 4 heterocycles. The number of carboxylic acid groups (broad SMARTS) is 1. The molecule has 0 amide bonds. The highest BCUT2D eigenvalue weighted by atomic mass is 16.5. The standard InChI is InChI=1S/C18H16N6O5/c1-10-7-13(23-29-10)16-21-20-15-8-14(27-2)17(22-24(15)16)28-6-5-12-4-3-11(9-19-12)18(25)26/h3-4,7-9H,5-6H2,1-2H3,(H,25,26). The average Bonchev–Trinajstić information content (AvgIpc) is 3.33. The summed E-state index contributed by atoms with van der Waals surface area (Å²) in [5.74, 6) is 0.693. The van der Waals surface area contributed by atoms with E-state index < -0.39 is 5.97 Å². The summed E-state index contributed by atoms with van der Waals surface area (Å²) >= 11 is 0. The molecule has 0 aliphatic rings. The van der Waals surface area contributed by atoms with Crippen molar-refractivity contribution in [1.82, 2.24) is 30.0 Å². The molecule has 11 nitrogen and oxygen atoms in total. The molecule has 0 spiro atoms. The molecule has 4 aromatic rings. The Bertz CT molecular complexity index is 1170. The molecule has 0 radical (unpaired) electrons. The van der Waals surface area contributed by atoms with E-state index in [1.165, 1.54) is 23.9 Å². The van der Waals surface area contributed by atoms with Gasteiger partial charge in [0.2, 0.25) is 5.82 Å². The molecule has 4 rings (SSSR count). The van der Waals surface area contributed by atoms with E-state index in [0.717, 1.165) is 0 Å². The number of hydrogen-bond acceptors (Lipinski definition) is 9. The number of methoxy groups -OCH3 is 1. The van der Waals surface area contributed by atoms with Crippen molar-refractivity contribution in [2.24, 2.45) is 0 Å². The topological polar surface area (TPSA) is 138 Å². The average molecular weight is 396 g/mol. The van der Waals surface area contributed by atoms with Crippen molar-refractivity contribution < 1.29 is 23.9 Å². The van der Waals surface area contributed by atoms with Crippen LogP contribution in [-0.4, -0.2) is 54.7 Å². The maximum atomic E-state index is 10.9. The van der Waals surface area contributed by atoms with E-state index in [-0.39, 0.29) is 18.1 Å². The maximum absolute atomic E-state index is 10.9. The molecule has 0 aromatic carbocycles. The van der Waals surface area contributed by atoms with Crippen LogP contribution in [0, 0.1) is 6.92 Å². The molecular formula is C18H16N6O5. The number of ether oxygens (including phenoxy) is 2. The largest absolute Gasteiger partial charge is 0.491 e. The van der Waals surface area contributed by atoms with Crippen LogP contribution in [0.1, 0.15) is 21.8 Å². The Labute approximate surface area is 163 Å². The lowest BCUT2D eigenvalue weighted by molar-refractivity contribution is 0.0696. The van der Waals surface area contributed by atoms with E-state index in [9.17, 15) is 4.79 Å². The van der Waals surface area contributed by atoms with E-state index in [4.69, 9.17) is 19.1 Å². The fourth-order valence-electron chi connectivity index (χ4n) is 2.63. The SMILES string of the molecule is COc1cc2nnc(-c3cc(C)on3)n2nc1OCCc1ccc(C(=O)O)cn1. The Morgan fingerprint density at radius 3 is 2.79 bits per heavy atom. The molecule has 0 fully saturated rings. The van der Waals surface area contributed by atoms with Gasteiger partial charge in [0.15, 0.2) is 17.1 Å². The predicted octanol–water partition coefficient (Wildman–Crippen LogP) is 1.81. The minimum absolute atomic E-state index is 0.131. The summed E-state index contributed by atoms with van der Waals surface area (Å²) in [4.78, 5) is 15.0. The van der Waals surface area contributed by atoms with Crippen molar-refractivity contribution in [2.75, 3.05) is 13.7 Å². The van der Waals surface area contributed by atoms with Crippen LogP contribution < -0.4 is 9.47 Å². The Hall–Kier alpha value is -4.02. The van der Waals surface area contributed by atoms with Crippen LogP contribution in [0.15, 0.2) is 35.0 Å². The van der Waals surface area contributed by atoms with Crippen LogP contribution in [-0.2, 0) is 6.42 Å². The first-order chi connectivity index (χ1) is 14.0. The summed E-state index contributed by atoms with van der Waals surface area (Å²) in [6, 6.07) is 6.53. The molecule has 0 saturated carbocycles. The van der Waals surface area contributed by atoms with Crippen LogP contribution in [0.4, 0.5) is 0 Å². The Balaban J connectivity index is 1.55. The van der Waals surface area contributed by atoms with Crippen LogP contribution >= 0.6 is 0 Å². The number of nitrogens with zero attached hydrogens (tertiary/aromatic N) is 6. The molecule has 0 unspecified atom stereocenters. The fourth-order valence-corrected chi connectivity index (χ4v) is 2.63. The molecule has 0 aliphatic heterocycles. The number of fused-ring (bicyclic) bond motifs is 1. The summed E-state index contributed by atoms with van der Waals surface area (Å²) in [6.45, 7) is 2.04. The summed E-state index contributed by atoms with van der Waals surface area (Å²) in [6.07, 6.45) is 1.77. The lowest BCUT2D eigenvalue weighted by Gasteiger charge is -2.10. The first-order valence-corrected chi connectivity index (χ1v) is 8.60. The zero-order valence-electron chi connectivity index (χ0n) is 15.6. The number of carbonyl (C=O) groups is 1. The summed E-state index contributed by atoms with van der Waals surface area (Å²) in [5.41, 5.74) is 1.79. The van der Waals surface area contributed by atoms with Gasteiger partial charge < -0.3 is 19.1 Å². The third-order valence-electron chi connectivity index (χ3n) is 4.07. The van der Waals surface area contributed by atoms with Gasteiger partial charge in [-0.05, 0) is 19.1 Å². The van der Waals surface area contributed by atoms with Gasteiger partial charge in [-0.3, -0.25) is 4.98 Å². The van der Waals surface area contributed by atoms with Gasteiger partial charge in [0, 0.05) is 30.4 Å². The molecule has 0 saturated heterocycles. The highest BCUT2D eigenvalue weighted by Gasteiger charge is 2.17. The van der Waals surface area contributed by atoms with Crippen LogP contribution in [0.3, 0.4) is 0 Å². The van der Waals surface area contributed by atoms with E-state index in [1.807, 2.05) is 0 Å². The van der Waals surface area contributed by atoms with Crippen molar-refractivity contribution in [3.05, 3.63) is 47.5 Å². The van der Waals surface area contributed by atoms with Crippen molar-refractivity contribution in [3.63, 3.8) is 0 Å². The lowest BCUT2D eigenvalue weighted by atomic mass is 10.2. The highest BCUT2D eigenvalue weighted by Crippen LogP contribution is 2.27. The summed E-state index contributed by atoms with van der Waals surface area (Å²) in [5, 5.41) is 25.5. The third kappa shape index (κ3) is 3.70. The number of aromatic carboxylic acids is 1. The molecular weight excluding hydrogens is 380 g/mol. The monoisotopic (exact) mass is 396 g/mol. The molecule has 0 atom stereocenters. The first kappa shape index (κ1) is 18.3. The Kier molecular flexibility index (Phi) is 4.77. The van der Waals surface area contributed by atoms with Gasteiger partial charge in [-0.25, -0.2) is 4.79 Å². The molecule has 1 N–H and O–H groups in total. The van der Waals surface area contributed by atoms with Crippen molar-refractivity contribution in [2.45, 2.75) is 13.3 Å². The second-order valence-corrected chi connectivity index (χ2v) is 6.08. The molecule has 29 heavy (non-hydrogen) atoms. The molecule has 148 valence electrons. The number of carboxylic acids is 1. The van der Waals surface area contributed by atoms with Crippen molar-refractivity contribution >= 4 is 11.6 Å². The number of pyridine rings is 1. The van der Waals surface area contributed by atoms with Crippen LogP contribution in [0.2, 0.25) is 0 Å². The van der Waals surface area contributed by atoms with Crippen molar-refractivity contribution in [3.8, 4) is 23.1 Å². The number of aromatic nitrogens is 6. The number of hydrogen-bond donors (Lipinski definition) is 1. The minimum atomic E-state index is -1.02. The maximum Gasteiger partial charge on any atom is 0.337 e. The first-order valence-electron chi connectivity index (χ1n) is 8.60. The lowest BCUT2D eigenvalue weighted by Crippen LogP contribution is -2.08. The number of rotatable bonds is 7. The van der Waals surface area contributed by atoms with Gasteiger partial charge in [-0.2, -0.15) is 4.52 Å². The Morgan fingerprint density at radius 1 is 1.28 bits per heavy atom. The van der Waals surface area contributed by atoms with E-state index in [1.54, 1.807) is 25.1 Å². The second-order valence-electron chi connectivity index (χ2n) is 6.08. The van der Waals surface area contributed by atoms with Gasteiger partial charge in [-0.15, -0.1) is 15.3 Å². The van der Waals surface area contributed by atoms with E-state index in [0.29, 0.717) is 40.8 Å². The summed E-state index contributed by atoms with van der Waals surface area (Å²) in [7, 11) is 1.50. The number of aryl methyl sites for hydroxylation is 1. The molecule has 11 heteroatoms. The zero-order valence-corrected chi connectivity index (χ0v) is 15.6. The van der Waals surface area contributed by atoms with Gasteiger partial charge >= 0.3 is 5.97 Å². The minimum Gasteiger partial charge on any atom is -0.491 e. The van der Waals surface area contributed by atoms with Gasteiger partial charge in [0.1, 0.15) is 5.76 Å². The third-order valence-corrected chi connectivity index (χ3v) is 4.07. The zero-order chi connectivity index (χ0) is 20.4. The molecule has 0 bridgehead atoms. The van der Waals surface area contributed by atoms with Crippen LogP contribution in [0.5, 0.6) is 11.6 Å². The normalized spacial score (nSPS) is 11.0. The fraction of sp³-hybridized carbons (Fsp3) is 0.222. The smallest absolute Gasteiger partial charge is 0.337 e. The predicted molar refractivity (Wildman–Crippen MR) is 98.0 cm³/mol. The molecule has 0 aliphatic carbocycles. The van der Waals surface area contributed by atoms with Crippen molar-refractivity contribution in [1.29, 1.82) is 0 Å². The highest BCUT2D eigenvalue weighted by molar-refractivity contribution is 5.87. The van der Waals surface area contributed by atoms with Crippen LogP contribution in [0.25, 0.3) is 17.2 Å². The van der Waals surface area contributed by atoms with E-state index in [2.05, 4.69) is 25.4 Å². The van der Waals surface area contributed by atoms with Gasteiger partial charge in [0.05, 0.1) is 19.3 Å². The quantitative estimate of drug-likeness (QED) is 0.492. The van der Waals surface area contributed by atoms with Gasteiger partial charge in [-0.1, -0.05) is 5.16 Å². The second kappa shape index (κ2) is 7.54. The summed E-state index contributed by atoms with van der Waals surface area (Å²) < 4.78 is 17.7. The Morgan fingerprint density at radius 2 is 2.14 bits per heavy atom. The van der Waals surface area contributed by atoms with Gasteiger partial charge in [0.25, 0.3) is 5.88 Å². The van der Waals surface area contributed by atoms with E-state index >= 15 is 0 Å².